The van der Waals surface area contributed by atoms with E-state index >= 15 is 0 Å². The van der Waals surface area contributed by atoms with Gasteiger partial charge >= 0.3 is 0 Å². The fourth-order valence-electron chi connectivity index (χ4n) is 2.53. The SMILES string of the molecule is Cc1cnc(-c2c(C)noc2C)nc1NCCc1ccc(O)cc1. The summed E-state index contributed by atoms with van der Waals surface area (Å²) in [5, 5.41) is 16.6. The summed E-state index contributed by atoms with van der Waals surface area (Å²) in [6, 6.07) is 7.22. The number of anilines is 1. The minimum Gasteiger partial charge on any atom is -0.508 e. The lowest BCUT2D eigenvalue weighted by Gasteiger charge is -2.10. The second kappa shape index (κ2) is 6.70. The van der Waals surface area contributed by atoms with Crippen molar-refractivity contribution in [3.8, 4) is 17.1 Å². The second-order valence-electron chi connectivity index (χ2n) is 5.77. The molecule has 0 spiro atoms. The van der Waals surface area contributed by atoms with E-state index in [0.29, 0.717) is 11.6 Å². The van der Waals surface area contributed by atoms with Crippen molar-refractivity contribution in [1.82, 2.24) is 15.1 Å². The van der Waals surface area contributed by atoms with Crippen molar-refractivity contribution in [1.29, 1.82) is 0 Å². The molecule has 0 fully saturated rings. The smallest absolute Gasteiger partial charge is 0.167 e. The Balaban J connectivity index is 1.74. The number of phenolic OH excluding ortho intramolecular Hbond substituents is 1. The van der Waals surface area contributed by atoms with Crippen LogP contribution in [-0.2, 0) is 6.42 Å². The van der Waals surface area contributed by atoms with Gasteiger partial charge in [0.1, 0.15) is 17.3 Å². The highest BCUT2D eigenvalue weighted by Gasteiger charge is 2.15. The van der Waals surface area contributed by atoms with Crippen LogP contribution in [0.5, 0.6) is 5.75 Å². The Hall–Kier alpha value is -2.89. The van der Waals surface area contributed by atoms with Crippen molar-refractivity contribution in [2.75, 3.05) is 11.9 Å². The largest absolute Gasteiger partial charge is 0.508 e. The number of nitrogens with one attached hydrogen (secondary N) is 1. The van der Waals surface area contributed by atoms with Gasteiger partial charge in [-0.25, -0.2) is 9.97 Å². The van der Waals surface area contributed by atoms with Gasteiger partial charge in [0.25, 0.3) is 0 Å². The molecule has 3 rings (SSSR count). The predicted molar refractivity (Wildman–Crippen MR) is 92.0 cm³/mol. The molecule has 0 saturated heterocycles. The number of nitrogens with zero attached hydrogens (tertiary/aromatic N) is 3. The van der Waals surface area contributed by atoms with E-state index in [1.54, 1.807) is 18.3 Å². The van der Waals surface area contributed by atoms with E-state index in [1.807, 2.05) is 32.9 Å². The summed E-state index contributed by atoms with van der Waals surface area (Å²) >= 11 is 0. The molecule has 2 aromatic heterocycles. The van der Waals surface area contributed by atoms with Crippen LogP contribution in [0.25, 0.3) is 11.4 Å². The van der Waals surface area contributed by atoms with E-state index in [0.717, 1.165) is 41.2 Å². The highest BCUT2D eigenvalue weighted by Crippen LogP contribution is 2.25. The van der Waals surface area contributed by atoms with Gasteiger partial charge in [0.15, 0.2) is 5.82 Å². The van der Waals surface area contributed by atoms with Gasteiger partial charge in [0.2, 0.25) is 0 Å². The zero-order valence-electron chi connectivity index (χ0n) is 14.0. The van der Waals surface area contributed by atoms with Gasteiger partial charge < -0.3 is 14.9 Å². The number of aromatic hydroxyl groups is 1. The third kappa shape index (κ3) is 3.37. The summed E-state index contributed by atoms with van der Waals surface area (Å²) in [6.07, 6.45) is 2.64. The minimum absolute atomic E-state index is 0.280. The van der Waals surface area contributed by atoms with Crippen molar-refractivity contribution in [3.05, 3.63) is 53.0 Å². The number of hydrogen-bond donors (Lipinski definition) is 2. The quantitative estimate of drug-likeness (QED) is 0.748. The van der Waals surface area contributed by atoms with E-state index in [2.05, 4.69) is 20.4 Å². The van der Waals surface area contributed by atoms with Crippen molar-refractivity contribution >= 4 is 5.82 Å². The molecule has 0 bridgehead atoms. The number of rotatable bonds is 5. The van der Waals surface area contributed by atoms with Gasteiger partial charge in [-0.1, -0.05) is 17.3 Å². The Kier molecular flexibility index (Phi) is 4.46. The Morgan fingerprint density at radius 1 is 1.12 bits per heavy atom. The Labute approximate surface area is 140 Å². The fourth-order valence-corrected chi connectivity index (χ4v) is 2.53. The predicted octanol–water partition coefficient (Wildman–Crippen LogP) is 3.42. The zero-order valence-corrected chi connectivity index (χ0v) is 14.0. The molecular formula is C18H20N4O2. The Bertz CT molecular complexity index is 821. The van der Waals surface area contributed by atoms with Crippen LogP contribution in [0.4, 0.5) is 5.82 Å². The number of benzene rings is 1. The van der Waals surface area contributed by atoms with Gasteiger partial charge in [-0.05, 0) is 44.9 Å². The monoisotopic (exact) mass is 324 g/mol. The molecule has 1 aromatic carbocycles. The van der Waals surface area contributed by atoms with E-state index in [1.165, 1.54) is 0 Å². The molecule has 0 aliphatic rings. The van der Waals surface area contributed by atoms with Crippen LogP contribution in [0.2, 0.25) is 0 Å². The Morgan fingerprint density at radius 3 is 2.54 bits per heavy atom. The van der Waals surface area contributed by atoms with Crippen molar-refractivity contribution in [2.45, 2.75) is 27.2 Å². The molecular weight excluding hydrogens is 304 g/mol. The normalized spacial score (nSPS) is 10.8. The van der Waals surface area contributed by atoms with Crippen LogP contribution in [0.15, 0.2) is 35.0 Å². The summed E-state index contributed by atoms with van der Waals surface area (Å²) in [4.78, 5) is 9.02. The van der Waals surface area contributed by atoms with Crippen LogP contribution >= 0.6 is 0 Å². The molecule has 6 heteroatoms. The molecule has 0 unspecified atom stereocenters. The van der Waals surface area contributed by atoms with Gasteiger partial charge in [0, 0.05) is 18.3 Å². The third-order valence-electron chi connectivity index (χ3n) is 3.87. The molecule has 2 heterocycles. The first kappa shape index (κ1) is 16.0. The number of aromatic nitrogens is 3. The molecule has 0 aliphatic heterocycles. The van der Waals surface area contributed by atoms with Crippen LogP contribution in [0.3, 0.4) is 0 Å². The number of phenols is 1. The van der Waals surface area contributed by atoms with Crippen LogP contribution in [0, 0.1) is 20.8 Å². The Morgan fingerprint density at radius 2 is 1.88 bits per heavy atom. The van der Waals surface area contributed by atoms with E-state index in [-0.39, 0.29) is 5.75 Å². The summed E-state index contributed by atoms with van der Waals surface area (Å²) in [6.45, 7) is 6.45. The molecule has 0 radical (unpaired) electrons. The van der Waals surface area contributed by atoms with E-state index in [9.17, 15) is 5.11 Å². The van der Waals surface area contributed by atoms with Crippen molar-refractivity contribution < 1.29 is 9.63 Å². The highest BCUT2D eigenvalue weighted by atomic mass is 16.5. The van der Waals surface area contributed by atoms with Crippen LogP contribution in [0.1, 0.15) is 22.6 Å². The first-order valence-corrected chi connectivity index (χ1v) is 7.83. The average molecular weight is 324 g/mol. The standard InChI is InChI=1S/C18H20N4O2/c1-11-10-20-18(16-12(2)22-24-13(16)3)21-17(11)19-9-8-14-4-6-15(23)7-5-14/h4-7,10,23H,8-9H2,1-3H3,(H,19,20,21). The highest BCUT2D eigenvalue weighted by molar-refractivity contribution is 5.62. The van der Waals surface area contributed by atoms with Crippen molar-refractivity contribution in [2.24, 2.45) is 0 Å². The third-order valence-corrected chi connectivity index (χ3v) is 3.87. The molecule has 0 aliphatic carbocycles. The second-order valence-corrected chi connectivity index (χ2v) is 5.77. The summed E-state index contributed by atoms with van der Waals surface area (Å²) in [5.74, 6) is 2.41. The molecule has 6 nitrogen and oxygen atoms in total. The lowest BCUT2D eigenvalue weighted by molar-refractivity contribution is 0.393. The molecule has 24 heavy (non-hydrogen) atoms. The molecule has 0 atom stereocenters. The summed E-state index contributed by atoms with van der Waals surface area (Å²) < 4.78 is 5.20. The molecule has 0 saturated carbocycles. The number of hydrogen-bond acceptors (Lipinski definition) is 6. The molecule has 3 aromatic rings. The van der Waals surface area contributed by atoms with Gasteiger partial charge in [-0.3, -0.25) is 0 Å². The van der Waals surface area contributed by atoms with E-state index in [4.69, 9.17) is 4.52 Å². The van der Waals surface area contributed by atoms with Gasteiger partial charge in [0.05, 0.1) is 11.3 Å². The minimum atomic E-state index is 0.280. The average Bonchev–Trinajstić information content (AvgIpc) is 2.90. The fraction of sp³-hybridized carbons (Fsp3) is 0.278. The maximum atomic E-state index is 9.32. The summed E-state index contributed by atoms with van der Waals surface area (Å²) in [5.41, 5.74) is 3.76. The summed E-state index contributed by atoms with van der Waals surface area (Å²) in [7, 11) is 0. The first-order valence-electron chi connectivity index (χ1n) is 7.83. The lowest BCUT2D eigenvalue weighted by Crippen LogP contribution is -2.09. The van der Waals surface area contributed by atoms with Gasteiger partial charge in [-0.2, -0.15) is 0 Å². The van der Waals surface area contributed by atoms with Crippen LogP contribution in [-0.4, -0.2) is 26.8 Å². The zero-order chi connectivity index (χ0) is 17.1. The molecule has 0 amide bonds. The lowest BCUT2D eigenvalue weighted by atomic mass is 10.1. The first-order chi connectivity index (χ1) is 11.5. The van der Waals surface area contributed by atoms with E-state index < -0.39 is 0 Å². The van der Waals surface area contributed by atoms with Gasteiger partial charge in [-0.15, -0.1) is 0 Å². The maximum Gasteiger partial charge on any atom is 0.167 e. The van der Waals surface area contributed by atoms with Crippen molar-refractivity contribution in [3.63, 3.8) is 0 Å². The molecule has 2 N–H and O–H groups in total. The number of aryl methyl sites for hydroxylation is 3. The van der Waals surface area contributed by atoms with Crippen LogP contribution < -0.4 is 5.32 Å². The molecule has 124 valence electrons. The maximum absolute atomic E-state index is 9.32. The topological polar surface area (TPSA) is 84.1 Å².